The summed E-state index contributed by atoms with van der Waals surface area (Å²) in [5.74, 6) is 0.704. The fourth-order valence-electron chi connectivity index (χ4n) is 4.11. The summed E-state index contributed by atoms with van der Waals surface area (Å²) in [4.78, 5) is 17.6. The van der Waals surface area contributed by atoms with Crippen molar-refractivity contribution in [3.8, 4) is 23.5 Å². The number of nitrogens with zero attached hydrogens (tertiary/aromatic N) is 4. The van der Waals surface area contributed by atoms with Crippen LogP contribution in [0.3, 0.4) is 0 Å². The van der Waals surface area contributed by atoms with Crippen LogP contribution in [-0.2, 0) is 0 Å². The Hall–Kier alpha value is -4.53. The molecule has 2 N–H and O–H groups in total. The molecule has 8 heteroatoms. The summed E-state index contributed by atoms with van der Waals surface area (Å²) in [7, 11) is 0. The van der Waals surface area contributed by atoms with Crippen molar-refractivity contribution in [3.05, 3.63) is 78.1 Å². The largest absolute Gasteiger partial charge is 0.464 e. The number of pyridine rings is 1. The van der Waals surface area contributed by atoms with E-state index < -0.39 is 0 Å². The molecule has 0 unspecified atom stereocenters. The molecule has 164 valence electrons. The normalized spacial score (nSPS) is 10.9. The molecule has 7 nitrogen and oxygen atoms in total. The standard InChI is InChI=1S/C26H17N5O2S/c27-14-18-24(22-10-5-12-33-22)19(15-28)26(30-25(18)29)34-13-11-23(32)31-20-8-3-1-6-16(20)17-7-2-4-9-21(17)31/h1-10,12H,11,13H2,(H2,29,30). The predicted molar refractivity (Wildman–Crippen MR) is 131 cm³/mol. The van der Waals surface area contributed by atoms with Gasteiger partial charge >= 0.3 is 0 Å². The van der Waals surface area contributed by atoms with E-state index in [0.29, 0.717) is 22.1 Å². The first-order valence-electron chi connectivity index (χ1n) is 10.5. The maximum atomic E-state index is 13.3. The number of anilines is 1. The number of nitriles is 2. The molecule has 3 aromatic heterocycles. The molecule has 5 aromatic rings. The summed E-state index contributed by atoms with van der Waals surface area (Å²) in [6.45, 7) is 0. The van der Waals surface area contributed by atoms with Crippen molar-refractivity contribution in [2.24, 2.45) is 0 Å². The van der Waals surface area contributed by atoms with Gasteiger partial charge in [0.1, 0.15) is 34.3 Å². The van der Waals surface area contributed by atoms with Gasteiger partial charge in [-0.05, 0) is 24.3 Å². The van der Waals surface area contributed by atoms with Gasteiger partial charge in [-0.25, -0.2) is 4.98 Å². The number of rotatable bonds is 5. The van der Waals surface area contributed by atoms with Crippen LogP contribution in [0.1, 0.15) is 22.3 Å². The number of furan rings is 1. The van der Waals surface area contributed by atoms with Gasteiger partial charge in [0.2, 0.25) is 5.91 Å². The summed E-state index contributed by atoms with van der Waals surface area (Å²) < 4.78 is 7.18. The maximum Gasteiger partial charge on any atom is 0.232 e. The van der Waals surface area contributed by atoms with Gasteiger partial charge in [0, 0.05) is 22.9 Å². The molecular formula is C26H17N5O2S. The molecule has 34 heavy (non-hydrogen) atoms. The molecule has 2 aromatic carbocycles. The molecule has 0 saturated carbocycles. The Kier molecular flexibility index (Phi) is 5.51. The first-order chi connectivity index (χ1) is 16.6. The number of nitrogens with two attached hydrogens (primary N) is 1. The third-order valence-electron chi connectivity index (χ3n) is 5.57. The van der Waals surface area contributed by atoms with Crippen molar-refractivity contribution in [1.29, 1.82) is 10.5 Å². The van der Waals surface area contributed by atoms with Crippen molar-refractivity contribution < 1.29 is 9.21 Å². The van der Waals surface area contributed by atoms with Crippen molar-refractivity contribution in [3.63, 3.8) is 0 Å². The minimum absolute atomic E-state index is 0.0177. The van der Waals surface area contributed by atoms with E-state index in [4.69, 9.17) is 10.2 Å². The molecule has 0 radical (unpaired) electrons. The third-order valence-corrected chi connectivity index (χ3v) is 6.54. The van der Waals surface area contributed by atoms with Crippen LogP contribution in [0.4, 0.5) is 5.82 Å². The lowest BCUT2D eigenvalue weighted by Crippen LogP contribution is -2.11. The first kappa shape index (κ1) is 21.3. The zero-order valence-corrected chi connectivity index (χ0v) is 18.7. The Labute approximate surface area is 199 Å². The molecular weight excluding hydrogens is 446 g/mol. The molecule has 0 atom stereocenters. The van der Waals surface area contributed by atoms with Crippen LogP contribution in [-0.4, -0.2) is 21.2 Å². The van der Waals surface area contributed by atoms with Crippen molar-refractivity contribution in [2.75, 3.05) is 11.5 Å². The fourth-order valence-corrected chi connectivity index (χ4v) is 5.03. The van der Waals surface area contributed by atoms with Gasteiger partial charge in [0.15, 0.2) is 0 Å². The number of fused-ring (bicyclic) bond motifs is 3. The second-order valence-electron chi connectivity index (χ2n) is 7.49. The van der Waals surface area contributed by atoms with Crippen LogP contribution in [0, 0.1) is 22.7 Å². The third kappa shape index (κ3) is 3.47. The van der Waals surface area contributed by atoms with Crippen LogP contribution in [0.15, 0.2) is 76.4 Å². The van der Waals surface area contributed by atoms with E-state index in [-0.39, 0.29) is 29.3 Å². The molecule has 0 spiro atoms. The highest BCUT2D eigenvalue weighted by Crippen LogP contribution is 2.36. The predicted octanol–water partition coefficient (Wildman–Crippen LogP) is 5.60. The number of benzene rings is 2. The zero-order chi connectivity index (χ0) is 23.7. The number of hydrogen-bond acceptors (Lipinski definition) is 7. The van der Waals surface area contributed by atoms with E-state index >= 15 is 0 Å². The minimum atomic E-state index is -0.0590. The van der Waals surface area contributed by atoms with Crippen molar-refractivity contribution in [1.82, 2.24) is 9.55 Å². The number of thioether (sulfide) groups is 1. The summed E-state index contributed by atoms with van der Waals surface area (Å²) >= 11 is 1.25. The monoisotopic (exact) mass is 463 g/mol. The quantitative estimate of drug-likeness (QED) is 0.337. The van der Waals surface area contributed by atoms with E-state index in [1.54, 1.807) is 16.7 Å². The number of para-hydroxylation sites is 2. The average Bonchev–Trinajstić information content (AvgIpc) is 3.50. The SMILES string of the molecule is N#Cc1c(N)nc(SCCC(=O)n2c3ccccc3c3ccccc32)c(C#N)c1-c1ccco1. The Bertz CT molecular complexity index is 1590. The lowest BCUT2D eigenvalue weighted by Gasteiger charge is -2.11. The number of hydrogen-bond donors (Lipinski definition) is 1. The van der Waals surface area contributed by atoms with Crippen molar-refractivity contribution >= 4 is 45.3 Å². The highest BCUT2D eigenvalue weighted by Gasteiger charge is 2.23. The lowest BCUT2D eigenvalue weighted by molar-refractivity contribution is 0.0920. The molecule has 0 amide bonds. The van der Waals surface area contributed by atoms with Crippen LogP contribution in [0.5, 0.6) is 0 Å². The molecule has 0 aliphatic heterocycles. The zero-order valence-electron chi connectivity index (χ0n) is 17.9. The van der Waals surface area contributed by atoms with E-state index in [1.165, 1.54) is 18.0 Å². The van der Waals surface area contributed by atoms with Gasteiger partial charge in [-0.15, -0.1) is 11.8 Å². The van der Waals surface area contributed by atoms with Crippen LogP contribution >= 0.6 is 11.8 Å². The lowest BCUT2D eigenvalue weighted by atomic mass is 10.0. The molecule has 3 heterocycles. The van der Waals surface area contributed by atoms with Crippen molar-refractivity contribution in [2.45, 2.75) is 11.4 Å². The van der Waals surface area contributed by atoms with Gasteiger partial charge in [-0.1, -0.05) is 36.4 Å². The number of aromatic nitrogens is 2. The highest BCUT2D eigenvalue weighted by molar-refractivity contribution is 7.99. The Morgan fingerprint density at radius 2 is 1.62 bits per heavy atom. The van der Waals surface area contributed by atoms with E-state index in [1.807, 2.05) is 54.6 Å². The van der Waals surface area contributed by atoms with Crippen LogP contribution in [0.25, 0.3) is 33.1 Å². The van der Waals surface area contributed by atoms with Gasteiger partial charge in [0.05, 0.1) is 28.4 Å². The second-order valence-corrected chi connectivity index (χ2v) is 8.57. The topological polar surface area (TPSA) is 122 Å². The van der Waals surface area contributed by atoms with E-state index in [2.05, 4.69) is 11.1 Å². The summed E-state index contributed by atoms with van der Waals surface area (Å²) in [5, 5.41) is 21.8. The highest BCUT2D eigenvalue weighted by atomic mass is 32.2. The fraction of sp³-hybridized carbons (Fsp3) is 0.0769. The Morgan fingerprint density at radius 3 is 2.21 bits per heavy atom. The summed E-state index contributed by atoms with van der Waals surface area (Å²) in [5.41, 5.74) is 8.36. The number of carbonyl (C=O) groups excluding carboxylic acids is 1. The smallest absolute Gasteiger partial charge is 0.232 e. The molecule has 0 saturated heterocycles. The number of nitrogen functional groups attached to an aromatic ring is 1. The van der Waals surface area contributed by atoms with E-state index in [0.717, 1.165) is 21.8 Å². The summed E-state index contributed by atoms with van der Waals surface area (Å²) in [6, 6.07) is 23.1. The molecule has 0 aliphatic carbocycles. The van der Waals surface area contributed by atoms with Crippen LogP contribution in [0.2, 0.25) is 0 Å². The molecule has 0 bridgehead atoms. The number of carbonyl (C=O) groups is 1. The van der Waals surface area contributed by atoms with E-state index in [9.17, 15) is 15.3 Å². The van der Waals surface area contributed by atoms with Gasteiger partial charge in [0.25, 0.3) is 0 Å². The molecule has 5 rings (SSSR count). The average molecular weight is 464 g/mol. The Balaban J connectivity index is 1.46. The van der Waals surface area contributed by atoms with Gasteiger partial charge < -0.3 is 10.2 Å². The maximum absolute atomic E-state index is 13.3. The second kappa shape index (κ2) is 8.78. The first-order valence-corrected chi connectivity index (χ1v) is 11.4. The molecule has 0 fully saturated rings. The van der Waals surface area contributed by atoms with Gasteiger partial charge in [-0.2, -0.15) is 10.5 Å². The Morgan fingerprint density at radius 1 is 0.971 bits per heavy atom. The van der Waals surface area contributed by atoms with Gasteiger partial charge in [-0.3, -0.25) is 9.36 Å². The summed E-state index contributed by atoms with van der Waals surface area (Å²) in [6.07, 6.45) is 1.68. The van der Waals surface area contributed by atoms with Crippen LogP contribution < -0.4 is 5.73 Å². The molecule has 0 aliphatic rings. The minimum Gasteiger partial charge on any atom is -0.464 e.